The number of carboxylic acid groups (broad SMARTS) is 1. The number of methoxy groups -OCH3 is 2. The van der Waals surface area contributed by atoms with Crippen molar-refractivity contribution in [3.63, 3.8) is 0 Å². The Balaban J connectivity index is 2.32. The van der Waals surface area contributed by atoms with Crippen LogP contribution in [0.4, 0.5) is 4.79 Å². The van der Waals surface area contributed by atoms with Gasteiger partial charge in [0.2, 0.25) is 0 Å². The van der Waals surface area contributed by atoms with E-state index in [2.05, 4.69) is 4.74 Å². The molecule has 24 heavy (non-hydrogen) atoms. The lowest BCUT2D eigenvalue weighted by Gasteiger charge is -2.38. The highest BCUT2D eigenvalue weighted by Crippen LogP contribution is 2.43. The molecule has 1 aliphatic heterocycles. The first-order chi connectivity index (χ1) is 11.4. The van der Waals surface area contributed by atoms with Crippen molar-refractivity contribution in [2.75, 3.05) is 20.8 Å². The molecule has 0 spiro atoms. The third-order valence-electron chi connectivity index (χ3n) is 4.31. The summed E-state index contributed by atoms with van der Waals surface area (Å²) in [5, 5.41) is 10.2. The Morgan fingerprint density at radius 3 is 2.62 bits per heavy atom. The van der Waals surface area contributed by atoms with Crippen LogP contribution in [0.1, 0.15) is 30.7 Å². The standard InChI is InChI=1S/C16H19Cl2NO5/c1-23-12-4-3-11(17)15(18)14(12)9-5-6-19(16(21)22)10(7-9)8-13(20)24-2/h3-4,9-10H,5-8H2,1-2H3,(H,21,22)/t9-,10+/m1/s1. The molecule has 1 heterocycles. The Morgan fingerprint density at radius 2 is 2.04 bits per heavy atom. The van der Waals surface area contributed by atoms with Gasteiger partial charge in [-0.2, -0.15) is 0 Å². The number of likely N-dealkylation sites (tertiary alicyclic amines) is 1. The molecule has 8 heteroatoms. The normalized spacial score (nSPS) is 20.6. The number of hydrogen-bond donors (Lipinski definition) is 1. The molecule has 0 unspecified atom stereocenters. The maximum atomic E-state index is 11.6. The fraction of sp³-hybridized carbons (Fsp3) is 0.500. The van der Waals surface area contributed by atoms with Gasteiger partial charge in [-0.3, -0.25) is 4.79 Å². The van der Waals surface area contributed by atoms with Crippen LogP contribution in [0, 0.1) is 0 Å². The number of piperidine rings is 1. The molecule has 2 atom stereocenters. The summed E-state index contributed by atoms with van der Waals surface area (Å²) >= 11 is 12.5. The van der Waals surface area contributed by atoms with Crippen LogP contribution < -0.4 is 4.74 Å². The molecule has 1 N–H and O–H groups in total. The number of rotatable bonds is 4. The molecule has 0 radical (unpaired) electrons. The van der Waals surface area contributed by atoms with Gasteiger partial charge in [-0.25, -0.2) is 4.79 Å². The van der Waals surface area contributed by atoms with E-state index in [1.807, 2.05) is 0 Å². The second-order valence-corrected chi connectivity index (χ2v) is 6.39. The van der Waals surface area contributed by atoms with E-state index in [-0.39, 0.29) is 12.3 Å². The lowest BCUT2D eigenvalue weighted by molar-refractivity contribution is -0.142. The molecule has 1 aromatic carbocycles. The van der Waals surface area contributed by atoms with Gasteiger partial charge in [0.25, 0.3) is 0 Å². The predicted molar refractivity (Wildman–Crippen MR) is 90.1 cm³/mol. The van der Waals surface area contributed by atoms with Crippen LogP contribution in [-0.2, 0) is 9.53 Å². The monoisotopic (exact) mass is 375 g/mol. The van der Waals surface area contributed by atoms with Crippen LogP contribution in [0.2, 0.25) is 10.0 Å². The largest absolute Gasteiger partial charge is 0.496 e. The third-order valence-corrected chi connectivity index (χ3v) is 5.13. The lowest BCUT2D eigenvalue weighted by Crippen LogP contribution is -2.46. The van der Waals surface area contributed by atoms with Crippen molar-refractivity contribution in [1.29, 1.82) is 0 Å². The van der Waals surface area contributed by atoms with Gasteiger partial charge in [0.15, 0.2) is 0 Å². The van der Waals surface area contributed by atoms with Crippen molar-refractivity contribution in [2.24, 2.45) is 0 Å². The maximum absolute atomic E-state index is 11.6. The molecule has 2 rings (SSSR count). The summed E-state index contributed by atoms with van der Waals surface area (Å²) in [6, 6.07) is 2.92. The zero-order valence-corrected chi connectivity index (χ0v) is 14.9. The SMILES string of the molecule is COC(=O)C[C@@H]1C[C@H](c2c(OC)ccc(Cl)c2Cl)CCN1C(=O)O. The average molecular weight is 376 g/mol. The topological polar surface area (TPSA) is 76.1 Å². The summed E-state index contributed by atoms with van der Waals surface area (Å²) < 4.78 is 10.1. The molecule has 132 valence electrons. The molecule has 1 amide bonds. The highest BCUT2D eigenvalue weighted by atomic mass is 35.5. The number of amides is 1. The molecule has 0 aromatic heterocycles. The van der Waals surface area contributed by atoms with Crippen LogP contribution >= 0.6 is 23.2 Å². The number of nitrogens with zero attached hydrogens (tertiary/aromatic N) is 1. The Bertz CT molecular complexity index is 637. The molecule has 1 fully saturated rings. The van der Waals surface area contributed by atoms with Gasteiger partial charge in [0.05, 0.1) is 30.7 Å². The number of esters is 1. The highest BCUT2D eigenvalue weighted by molar-refractivity contribution is 6.42. The molecule has 0 aliphatic carbocycles. The number of benzene rings is 1. The summed E-state index contributed by atoms with van der Waals surface area (Å²) in [6.07, 6.45) is -0.0376. The van der Waals surface area contributed by atoms with Gasteiger partial charge < -0.3 is 19.5 Å². The van der Waals surface area contributed by atoms with E-state index in [1.165, 1.54) is 12.0 Å². The first kappa shape index (κ1) is 18.7. The van der Waals surface area contributed by atoms with Crippen molar-refractivity contribution in [3.8, 4) is 5.75 Å². The number of hydrogen-bond acceptors (Lipinski definition) is 4. The average Bonchev–Trinajstić information content (AvgIpc) is 2.56. The third kappa shape index (κ3) is 3.87. The first-order valence-electron chi connectivity index (χ1n) is 7.47. The fourth-order valence-corrected chi connectivity index (χ4v) is 3.62. The van der Waals surface area contributed by atoms with Crippen LogP contribution in [0.5, 0.6) is 5.75 Å². The van der Waals surface area contributed by atoms with Gasteiger partial charge in [0, 0.05) is 18.2 Å². The maximum Gasteiger partial charge on any atom is 0.407 e. The lowest BCUT2D eigenvalue weighted by atomic mass is 9.84. The Kier molecular flexibility index (Phi) is 6.18. The Hall–Kier alpha value is -1.66. The second kappa shape index (κ2) is 7.94. The molecular weight excluding hydrogens is 357 g/mol. The predicted octanol–water partition coefficient (Wildman–Crippen LogP) is 3.79. The van der Waals surface area contributed by atoms with E-state index in [0.717, 1.165) is 5.56 Å². The Morgan fingerprint density at radius 1 is 1.33 bits per heavy atom. The van der Waals surface area contributed by atoms with E-state index in [1.54, 1.807) is 19.2 Å². The minimum atomic E-state index is -1.05. The fourth-order valence-electron chi connectivity index (χ4n) is 3.14. The van der Waals surface area contributed by atoms with Crippen LogP contribution in [0.25, 0.3) is 0 Å². The van der Waals surface area contributed by atoms with Crippen LogP contribution in [-0.4, -0.2) is 48.9 Å². The number of carbonyl (C=O) groups excluding carboxylic acids is 1. The van der Waals surface area contributed by atoms with E-state index in [4.69, 9.17) is 27.9 Å². The van der Waals surface area contributed by atoms with Crippen molar-refractivity contribution in [2.45, 2.75) is 31.2 Å². The highest BCUT2D eigenvalue weighted by Gasteiger charge is 2.36. The second-order valence-electron chi connectivity index (χ2n) is 5.61. The Labute approximate surface area is 150 Å². The zero-order chi connectivity index (χ0) is 17.9. The van der Waals surface area contributed by atoms with Gasteiger partial charge in [0.1, 0.15) is 5.75 Å². The molecular formula is C16H19Cl2NO5. The molecule has 0 bridgehead atoms. The molecule has 1 aliphatic rings. The van der Waals surface area contributed by atoms with Crippen LogP contribution in [0.3, 0.4) is 0 Å². The van der Waals surface area contributed by atoms with E-state index in [9.17, 15) is 14.7 Å². The number of halogens is 2. The number of ether oxygens (including phenoxy) is 2. The minimum absolute atomic E-state index is 0.000198. The zero-order valence-electron chi connectivity index (χ0n) is 13.4. The van der Waals surface area contributed by atoms with Crippen molar-refractivity contribution in [3.05, 3.63) is 27.7 Å². The minimum Gasteiger partial charge on any atom is -0.496 e. The smallest absolute Gasteiger partial charge is 0.407 e. The molecule has 0 saturated carbocycles. The quantitative estimate of drug-likeness (QED) is 0.810. The molecule has 1 aromatic rings. The summed E-state index contributed by atoms with van der Waals surface area (Å²) in [4.78, 5) is 24.3. The van der Waals surface area contributed by atoms with E-state index in [0.29, 0.717) is 35.2 Å². The molecule has 6 nitrogen and oxygen atoms in total. The van der Waals surface area contributed by atoms with Gasteiger partial charge in [-0.1, -0.05) is 23.2 Å². The van der Waals surface area contributed by atoms with Crippen molar-refractivity contribution in [1.82, 2.24) is 4.90 Å². The summed E-state index contributed by atoms with van der Waals surface area (Å²) in [7, 11) is 2.83. The van der Waals surface area contributed by atoms with Gasteiger partial charge in [-0.05, 0) is 30.9 Å². The van der Waals surface area contributed by atoms with E-state index < -0.39 is 18.1 Å². The summed E-state index contributed by atoms with van der Waals surface area (Å²) in [5.74, 6) is 0.0995. The molecule has 1 saturated heterocycles. The van der Waals surface area contributed by atoms with Crippen LogP contribution in [0.15, 0.2) is 12.1 Å². The van der Waals surface area contributed by atoms with E-state index >= 15 is 0 Å². The summed E-state index contributed by atoms with van der Waals surface area (Å²) in [6.45, 7) is 0.299. The van der Waals surface area contributed by atoms with Crippen molar-refractivity contribution >= 4 is 35.3 Å². The van der Waals surface area contributed by atoms with Gasteiger partial charge in [-0.15, -0.1) is 0 Å². The first-order valence-corrected chi connectivity index (χ1v) is 8.22. The van der Waals surface area contributed by atoms with Crippen molar-refractivity contribution < 1.29 is 24.2 Å². The van der Waals surface area contributed by atoms with Gasteiger partial charge >= 0.3 is 12.1 Å². The summed E-state index contributed by atoms with van der Waals surface area (Å²) in [5.41, 5.74) is 0.756. The number of carbonyl (C=O) groups is 2.